The Bertz CT molecular complexity index is 438. The lowest BCUT2D eigenvalue weighted by Crippen LogP contribution is -2.00. The number of pyridine rings is 1. The van der Waals surface area contributed by atoms with Crippen LogP contribution < -0.4 is 5.32 Å². The minimum absolute atomic E-state index is 0.657. The van der Waals surface area contributed by atoms with Crippen LogP contribution in [0, 0.1) is 0 Å². The molecular formula is C9H9ClN4. The van der Waals surface area contributed by atoms with E-state index in [-0.39, 0.29) is 0 Å². The number of nitrogens with zero attached hydrogens (tertiary/aromatic N) is 3. The van der Waals surface area contributed by atoms with Crippen LogP contribution in [0.3, 0.4) is 0 Å². The van der Waals surface area contributed by atoms with E-state index in [0.717, 1.165) is 5.82 Å². The maximum absolute atomic E-state index is 5.82. The van der Waals surface area contributed by atoms with Gasteiger partial charge >= 0.3 is 0 Å². The van der Waals surface area contributed by atoms with Crippen molar-refractivity contribution in [3.8, 4) is 0 Å². The van der Waals surface area contributed by atoms with Gasteiger partial charge in [0.05, 0.1) is 6.20 Å². The second-order valence-corrected chi connectivity index (χ2v) is 3.26. The Labute approximate surface area is 86.5 Å². The van der Waals surface area contributed by atoms with Gasteiger partial charge in [-0.05, 0) is 12.1 Å². The van der Waals surface area contributed by atoms with Crippen LogP contribution in [0.15, 0.2) is 30.6 Å². The Morgan fingerprint density at radius 3 is 2.86 bits per heavy atom. The maximum Gasteiger partial charge on any atom is 0.132 e. The molecule has 2 aromatic rings. The zero-order valence-electron chi connectivity index (χ0n) is 7.61. The Balaban J connectivity index is 2.23. The van der Waals surface area contributed by atoms with Crippen molar-refractivity contribution in [2.75, 3.05) is 5.32 Å². The van der Waals surface area contributed by atoms with Gasteiger partial charge in [-0.1, -0.05) is 11.6 Å². The highest BCUT2D eigenvalue weighted by molar-refractivity contribution is 6.30. The van der Waals surface area contributed by atoms with Gasteiger partial charge in [-0.15, -0.1) is 0 Å². The lowest BCUT2D eigenvalue weighted by Gasteiger charge is -2.04. The molecule has 1 N–H and O–H groups in total. The van der Waals surface area contributed by atoms with Crippen molar-refractivity contribution < 1.29 is 0 Å². The van der Waals surface area contributed by atoms with Crippen molar-refractivity contribution in [3.63, 3.8) is 0 Å². The van der Waals surface area contributed by atoms with Crippen LogP contribution in [0.25, 0.3) is 0 Å². The summed E-state index contributed by atoms with van der Waals surface area (Å²) in [5.41, 5.74) is 0. The van der Waals surface area contributed by atoms with Crippen molar-refractivity contribution in [3.05, 3.63) is 35.6 Å². The molecule has 0 spiro atoms. The number of halogens is 1. The quantitative estimate of drug-likeness (QED) is 0.823. The van der Waals surface area contributed by atoms with Crippen molar-refractivity contribution in [1.29, 1.82) is 0 Å². The molecule has 5 heteroatoms. The highest BCUT2D eigenvalue weighted by Gasteiger charge is 1.99. The Morgan fingerprint density at radius 1 is 1.36 bits per heavy atom. The Morgan fingerprint density at radius 2 is 2.21 bits per heavy atom. The largest absolute Gasteiger partial charge is 0.325 e. The molecule has 0 unspecified atom stereocenters. The molecule has 72 valence electrons. The number of aromatic nitrogens is 3. The molecule has 0 bridgehead atoms. The standard InChI is InChI=1S/C9H9ClN4/c1-14-9(3-5-12-14)13-8-6-7(10)2-4-11-8/h2-6H,1H3,(H,11,13). The Kier molecular flexibility index (Phi) is 2.37. The molecule has 0 saturated carbocycles. The lowest BCUT2D eigenvalue weighted by molar-refractivity contribution is 0.776. The van der Waals surface area contributed by atoms with Crippen molar-refractivity contribution in [2.45, 2.75) is 0 Å². The molecule has 2 aromatic heterocycles. The van der Waals surface area contributed by atoms with Crippen LogP contribution >= 0.6 is 11.6 Å². The normalized spacial score (nSPS) is 10.1. The smallest absolute Gasteiger partial charge is 0.132 e. The summed E-state index contributed by atoms with van der Waals surface area (Å²) in [7, 11) is 1.85. The molecule has 0 fully saturated rings. The lowest BCUT2D eigenvalue weighted by atomic mass is 10.4. The van der Waals surface area contributed by atoms with Gasteiger partial charge in [0.15, 0.2) is 0 Å². The highest BCUT2D eigenvalue weighted by atomic mass is 35.5. The van der Waals surface area contributed by atoms with Crippen LogP contribution in [0.4, 0.5) is 11.6 Å². The molecular weight excluding hydrogens is 200 g/mol. The molecule has 0 aromatic carbocycles. The fraction of sp³-hybridized carbons (Fsp3) is 0.111. The van der Waals surface area contributed by atoms with Crippen LogP contribution in [0.1, 0.15) is 0 Å². The average Bonchev–Trinajstić information content (AvgIpc) is 2.52. The third kappa shape index (κ3) is 1.85. The van der Waals surface area contributed by atoms with Gasteiger partial charge in [0.25, 0.3) is 0 Å². The van der Waals surface area contributed by atoms with E-state index in [4.69, 9.17) is 11.6 Å². The van der Waals surface area contributed by atoms with Crippen LogP contribution in [0.2, 0.25) is 5.02 Å². The topological polar surface area (TPSA) is 42.7 Å². The SMILES string of the molecule is Cn1nccc1Nc1cc(Cl)ccn1. The predicted octanol–water partition coefficient (Wildman–Crippen LogP) is 2.21. The molecule has 0 saturated heterocycles. The summed E-state index contributed by atoms with van der Waals surface area (Å²) in [5, 5.41) is 7.78. The molecule has 0 aliphatic heterocycles. The third-order valence-corrected chi connectivity index (χ3v) is 2.03. The first-order valence-corrected chi connectivity index (χ1v) is 4.50. The summed E-state index contributed by atoms with van der Waals surface area (Å²) < 4.78 is 1.72. The van der Waals surface area contributed by atoms with Crippen molar-refractivity contribution >= 4 is 23.2 Å². The molecule has 2 heterocycles. The molecule has 2 rings (SSSR count). The summed E-state index contributed by atoms with van der Waals surface area (Å²) in [6.45, 7) is 0. The van der Waals surface area contributed by atoms with Gasteiger partial charge in [0.1, 0.15) is 11.6 Å². The molecule has 0 atom stereocenters. The summed E-state index contributed by atoms with van der Waals surface area (Å²) in [4.78, 5) is 4.12. The van der Waals surface area contributed by atoms with Crippen molar-refractivity contribution in [1.82, 2.24) is 14.8 Å². The average molecular weight is 209 g/mol. The monoisotopic (exact) mass is 208 g/mol. The van der Waals surface area contributed by atoms with E-state index in [1.165, 1.54) is 0 Å². The first-order valence-electron chi connectivity index (χ1n) is 4.12. The summed E-state index contributed by atoms with van der Waals surface area (Å²) in [6, 6.07) is 5.35. The number of rotatable bonds is 2. The van der Waals surface area contributed by atoms with Gasteiger partial charge < -0.3 is 5.32 Å². The van der Waals surface area contributed by atoms with E-state index in [2.05, 4.69) is 15.4 Å². The van der Waals surface area contributed by atoms with E-state index in [9.17, 15) is 0 Å². The summed E-state index contributed by atoms with van der Waals surface area (Å²) in [5.74, 6) is 1.58. The molecule has 4 nitrogen and oxygen atoms in total. The zero-order chi connectivity index (χ0) is 9.97. The number of nitrogens with one attached hydrogen (secondary N) is 1. The van der Waals surface area contributed by atoms with Gasteiger partial charge in [-0.25, -0.2) is 4.98 Å². The van der Waals surface area contributed by atoms with Gasteiger partial charge in [-0.2, -0.15) is 5.10 Å². The fourth-order valence-corrected chi connectivity index (χ4v) is 1.26. The van der Waals surface area contributed by atoms with E-state index in [0.29, 0.717) is 10.8 Å². The van der Waals surface area contributed by atoms with Gasteiger partial charge in [0, 0.05) is 24.3 Å². The van der Waals surface area contributed by atoms with Crippen molar-refractivity contribution in [2.24, 2.45) is 7.05 Å². The molecule has 0 radical (unpaired) electrons. The van der Waals surface area contributed by atoms with E-state index in [1.54, 1.807) is 29.2 Å². The first-order chi connectivity index (χ1) is 6.75. The fourth-order valence-electron chi connectivity index (χ4n) is 1.10. The van der Waals surface area contributed by atoms with Crippen LogP contribution in [0.5, 0.6) is 0 Å². The summed E-state index contributed by atoms with van der Waals surface area (Å²) >= 11 is 5.82. The highest BCUT2D eigenvalue weighted by Crippen LogP contribution is 2.16. The maximum atomic E-state index is 5.82. The number of aryl methyl sites for hydroxylation is 1. The number of anilines is 2. The second-order valence-electron chi connectivity index (χ2n) is 2.82. The number of hydrogen-bond donors (Lipinski definition) is 1. The first kappa shape index (κ1) is 9.02. The molecule has 0 aliphatic carbocycles. The predicted molar refractivity (Wildman–Crippen MR) is 55.7 cm³/mol. The minimum atomic E-state index is 0.657. The van der Waals surface area contributed by atoms with E-state index in [1.807, 2.05) is 13.1 Å². The van der Waals surface area contributed by atoms with Crippen LogP contribution in [-0.2, 0) is 7.05 Å². The number of hydrogen-bond acceptors (Lipinski definition) is 3. The zero-order valence-corrected chi connectivity index (χ0v) is 8.36. The Hall–Kier alpha value is -1.55. The van der Waals surface area contributed by atoms with Gasteiger partial charge in [-0.3, -0.25) is 4.68 Å². The van der Waals surface area contributed by atoms with Gasteiger partial charge in [0.2, 0.25) is 0 Å². The molecule has 0 aliphatic rings. The molecule has 14 heavy (non-hydrogen) atoms. The van der Waals surface area contributed by atoms with E-state index < -0.39 is 0 Å². The minimum Gasteiger partial charge on any atom is -0.325 e. The second kappa shape index (κ2) is 3.67. The summed E-state index contributed by atoms with van der Waals surface area (Å²) in [6.07, 6.45) is 3.37. The molecule has 0 amide bonds. The third-order valence-electron chi connectivity index (χ3n) is 1.80. The van der Waals surface area contributed by atoms with E-state index >= 15 is 0 Å². The van der Waals surface area contributed by atoms with Crippen LogP contribution in [-0.4, -0.2) is 14.8 Å².